The summed E-state index contributed by atoms with van der Waals surface area (Å²) in [5.41, 5.74) is 3.14. The Kier molecular flexibility index (Phi) is 11.0. The van der Waals surface area contributed by atoms with Gasteiger partial charge < -0.3 is 23.7 Å². The van der Waals surface area contributed by atoms with Gasteiger partial charge in [0.1, 0.15) is 17.2 Å². The first kappa shape index (κ1) is 28.5. The van der Waals surface area contributed by atoms with Crippen molar-refractivity contribution in [3.63, 3.8) is 0 Å². The van der Waals surface area contributed by atoms with Gasteiger partial charge in [-0.15, -0.1) is 0 Å². The topological polar surface area (TPSA) is 105 Å². The number of methoxy groups -OCH3 is 2. The average molecular weight is 585 g/mol. The fourth-order valence-corrected chi connectivity index (χ4v) is 3.54. The Morgan fingerprint density at radius 1 is 0.895 bits per heavy atom. The molecule has 0 spiro atoms. The minimum absolute atomic E-state index is 0.229. The largest absolute Gasteiger partial charge is 0.494 e. The number of amides is 1. The van der Waals surface area contributed by atoms with Crippen LogP contribution in [0, 0.1) is 0 Å². The van der Waals surface area contributed by atoms with Crippen LogP contribution in [0.3, 0.4) is 0 Å². The molecule has 3 rings (SSSR count). The molecular formula is C28H29BrN2O7. The summed E-state index contributed by atoms with van der Waals surface area (Å²) in [5, 5.41) is 3.97. The van der Waals surface area contributed by atoms with Crippen LogP contribution >= 0.6 is 15.9 Å². The molecule has 10 heteroatoms. The third kappa shape index (κ3) is 8.52. The van der Waals surface area contributed by atoms with Gasteiger partial charge in [0.05, 0.1) is 32.6 Å². The van der Waals surface area contributed by atoms with Gasteiger partial charge in [0.2, 0.25) is 0 Å². The maximum atomic E-state index is 12.7. The van der Waals surface area contributed by atoms with E-state index >= 15 is 0 Å². The highest BCUT2D eigenvalue weighted by atomic mass is 79.9. The van der Waals surface area contributed by atoms with E-state index in [4.69, 9.17) is 23.7 Å². The first-order valence-electron chi connectivity index (χ1n) is 11.8. The second-order valence-electron chi connectivity index (χ2n) is 7.90. The van der Waals surface area contributed by atoms with Crippen molar-refractivity contribution in [1.82, 2.24) is 5.43 Å². The lowest BCUT2D eigenvalue weighted by Gasteiger charge is -2.11. The first-order chi connectivity index (χ1) is 18.4. The molecule has 200 valence electrons. The summed E-state index contributed by atoms with van der Waals surface area (Å²) in [5.74, 6) is 1.38. The second-order valence-corrected chi connectivity index (χ2v) is 8.81. The number of unbranched alkanes of at least 4 members (excludes halogenated alkanes) is 1. The molecule has 0 aromatic heterocycles. The molecule has 0 heterocycles. The number of halogens is 1. The molecule has 0 atom stereocenters. The molecule has 0 aliphatic carbocycles. The summed E-state index contributed by atoms with van der Waals surface area (Å²) in [6, 6.07) is 16.8. The van der Waals surface area contributed by atoms with Crippen LogP contribution in [-0.2, 0) is 4.79 Å². The summed E-state index contributed by atoms with van der Waals surface area (Å²) < 4.78 is 27.9. The number of rotatable bonds is 13. The van der Waals surface area contributed by atoms with Crippen molar-refractivity contribution in [2.75, 3.05) is 27.4 Å². The molecule has 0 fully saturated rings. The number of ether oxygens (including phenoxy) is 5. The fourth-order valence-electron chi connectivity index (χ4n) is 3.16. The van der Waals surface area contributed by atoms with Crippen LogP contribution < -0.4 is 29.1 Å². The van der Waals surface area contributed by atoms with Gasteiger partial charge in [-0.2, -0.15) is 5.10 Å². The summed E-state index contributed by atoms with van der Waals surface area (Å²) in [7, 11) is 2.99. The quantitative estimate of drug-likeness (QED) is 0.0943. The number of nitrogens with zero attached hydrogens (tertiary/aromatic N) is 1. The van der Waals surface area contributed by atoms with E-state index in [1.54, 1.807) is 54.6 Å². The number of carbonyl (C=O) groups is 2. The second kappa shape index (κ2) is 14.6. The molecule has 1 amide bonds. The summed E-state index contributed by atoms with van der Waals surface area (Å²) in [6.07, 6.45) is 3.43. The monoisotopic (exact) mass is 584 g/mol. The normalized spacial score (nSPS) is 10.6. The predicted molar refractivity (Wildman–Crippen MR) is 147 cm³/mol. The van der Waals surface area contributed by atoms with Gasteiger partial charge in [-0.25, -0.2) is 10.2 Å². The van der Waals surface area contributed by atoms with E-state index in [0.29, 0.717) is 29.4 Å². The van der Waals surface area contributed by atoms with Crippen molar-refractivity contribution in [1.29, 1.82) is 0 Å². The standard InChI is InChI=1S/C28H29BrN2O7/c1-4-5-14-36-22-8-10-23(11-9-22)37-18-27(32)31-30-17-20-15-21(29)7-13-24(20)38-28(33)19-6-12-25(34-2)26(16-19)35-3/h6-13,15-17H,4-5,14,18H2,1-3H3,(H,31,32). The molecule has 1 N–H and O–H groups in total. The van der Waals surface area contributed by atoms with Gasteiger partial charge in [0.25, 0.3) is 5.91 Å². The van der Waals surface area contributed by atoms with Crippen LogP contribution in [0.15, 0.2) is 70.2 Å². The highest BCUT2D eigenvalue weighted by Crippen LogP contribution is 2.29. The van der Waals surface area contributed by atoms with Gasteiger partial charge >= 0.3 is 5.97 Å². The van der Waals surface area contributed by atoms with Gasteiger partial charge in [-0.3, -0.25) is 4.79 Å². The minimum Gasteiger partial charge on any atom is -0.494 e. The van der Waals surface area contributed by atoms with Crippen molar-refractivity contribution >= 4 is 34.0 Å². The molecule has 0 saturated carbocycles. The number of hydrazone groups is 1. The zero-order valence-electron chi connectivity index (χ0n) is 21.4. The molecule has 0 unspecified atom stereocenters. The lowest BCUT2D eigenvalue weighted by molar-refractivity contribution is -0.123. The molecule has 0 bridgehead atoms. The lowest BCUT2D eigenvalue weighted by atomic mass is 10.2. The Morgan fingerprint density at radius 3 is 2.26 bits per heavy atom. The predicted octanol–water partition coefficient (Wildman–Crippen LogP) is 5.39. The van der Waals surface area contributed by atoms with Crippen molar-refractivity contribution < 1.29 is 33.3 Å². The van der Waals surface area contributed by atoms with Crippen LogP contribution in [0.4, 0.5) is 0 Å². The summed E-state index contributed by atoms with van der Waals surface area (Å²) in [4.78, 5) is 24.9. The summed E-state index contributed by atoms with van der Waals surface area (Å²) in [6.45, 7) is 2.53. The average Bonchev–Trinajstić information content (AvgIpc) is 2.93. The van der Waals surface area contributed by atoms with Crippen LogP contribution in [0.5, 0.6) is 28.7 Å². The molecule has 0 aliphatic heterocycles. The van der Waals surface area contributed by atoms with E-state index in [1.165, 1.54) is 26.5 Å². The van der Waals surface area contributed by atoms with Crippen molar-refractivity contribution in [3.8, 4) is 28.7 Å². The number of benzene rings is 3. The van der Waals surface area contributed by atoms with Crippen molar-refractivity contribution in [2.45, 2.75) is 19.8 Å². The van der Waals surface area contributed by atoms with E-state index in [2.05, 4.69) is 33.4 Å². The third-order valence-electron chi connectivity index (χ3n) is 5.15. The van der Waals surface area contributed by atoms with E-state index in [9.17, 15) is 9.59 Å². The number of hydrogen-bond acceptors (Lipinski definition) is 8. The van der Waals surface area contributed by atoms with Crippen LogP contribution in [-0.4, -0.2) is 45.5 Å². The van der Waals surface area contributed by atoms with Crippen molar-refractivity contribution in [2.24, 2.45) is 5.10 Å². The highest BCUT2D eigenvalue weighted by molar-refractivity contribution is 9.10. The van der Waals surface area contributed by atoms with Crippen LogP contribution in [0.25, 0.3) is 0 Å². The molecule has 0 saturated heterocycles. The molecular weight excluding hydrogens is 556 g/mol. The van der Waals surface area contributed by atoms with Gasteiger partial charge in [-0.1, -0.05) is 29.3 Å². The van der Waals surface area contributed by atoms with Crippen molar-refractivity contribution in [3.05, 3.63) is 76.3 Å². The Morgan fingerprint density at radius 2 is 1.58 bits per heavy atom. The zero-order valence-corrected chi connectivity index (χ0v) is 22.9. The number of esters is 1. The Balaban J connectivity index is 1.57. The molecule has 0 radical (unpaired) electrons. The Hall–Kier alpha value is -4.05. The SMILES string of the molecule is CCCCOc1ccc(OCC(=O)NN=Cc2cc(Br)ccc2OC(=O)c2ccc(OC)c(OC)c2)cc1. The fraction of sp³-hybridized carbons (Fsp3) is 0.250. The molecule has 0 aliphatic rings. The Bertz CT molecular complexity index is 1260. The minimum atomic E-state index is -0.595. The van der Waals surface area contributed by atoms with Gasteiger partial charge in [0.15, 0.2) is 18.1 Å². The van der Waals surface area contributed by atoms with E-state index < -0.39 is 11.9 Å². The molecule has 38 heavy (non-hydrogen) atoms. The smallest absolute Gasteiger partial charge is 0.343 e. The van der Waals surface area contributed by atoms with E-state index in [1.807, 2.05) is 0 Å². The van der Waals surface area contributed by atoms with E-state index in [0.717, 1.165) is 23.1 Å². The number of carbonyl (C=O) groups excluding carboxylic acids is 2. The number of hydrogen-bond donors (Lipinski definition) is 1. The first-order valence-corrected chi connectivity index (χ1v) is 12.6. The molecule has 3 aromatic carbocycles. The van der Waals surface area contributed by atoms with Crippen LogP contribution in [0.1, 0.15) is 35.7 Å². The van der Waals surface area contributed by atoms with E-state index in [-0.39, 0.29) is 17.9 Å². The molecule has 3 aromatic rings. The van der Waals surface area contributed by atoms with Crippen LogP contribution in [0.2, 0.25) is 0 Å². The maximum Gasteiger partial charge on any atom is 0.343 e. The zero-order chi connectivity index (χ0) is 27.3. The van der Waals surface area contributed by atoms with Gasteiger partial charge in [0, 0.05) is 10.0 Å². The molecule has 9 nitrogen and oxygen atoms in total. The summed E-state index contributed by atoms with van der Waals surface area (Å²) >= 11 is 3.39. The highest BCUT2D eigenvalue weighted by Gasteiger charge is 2.15. The maximum absolute atomic E-state index is 12.7. The van der Waals surface area contributed by atoms with Gasteiger partial charge in [-0.05, 0) is 67.1 Å². The number of nitrogens with one attached hydrogen (secondary N) is 1. The lowest BCUT2D eigenvalue weighted by Crippen LogP contribution is -2.24. The third-order valence-corrected chi connectivity index (χ3v) is 5.64. The Labute approximate surface area is 229 Å².